The summed E-state index contributed by atoms with van der Waals surface area (Å²) < 4.78 is 0. The molecule has 258 valence electrons. The number of urea groups is 1. The molecule has 6 unspecified atom stereocenters. The maximum absolute atomic E-state index is 13.2. The Morgan fingerprint density at radius 1 is 0.867 bits per heavy atom. The van der Waals surface area contributed by atoms with Crippen LogP contribution in [-0.4, -0.2) is 49.1 Å². The Kier molecular flexibility index (Phi) is 16.8. The van der Waals surface area contributed by atoms with Crippen molar-refractivity contribution in [2.75, 3.05) is 13.1 Å². The zero-order chi connectivity index (χ0) is 34.6. The fourth-order valence-corrected chi connectivity index (χ4v) is 5.96. The van der Waals surface area contributed by atoms with Crippen molar-refractivity contribution < 1.29 is 14.4 Å². The van der Waals surface area contributed by atoms with Crippen molar-refractivity contribution in [2.24, 2.45) is 53.1 Å². The minimum atomic E-state index is -0.591. The zero-order valence-electron chi connectivity index (χ0n) is 30.0. The number of carbonyl (C=O) groups is 3. The number of rotatable bonds is 22. The van der Waals surface area contributed by atoms with Crippen molar-refractivity contribution in [3.8, 4) is 0 Å². The van der Waals surface area contributed by atoms with Gasteiger partial charge in [0, 0.05) is 42.0 Å². The standard InChI is InChI=1S/C36H66N6O3/c1-14-23(8)18-38-24(9)15-16-30(21(4)5)41-36(45)42-33(22(6)7)28(13)39-19-29-25(10)32(29)27(12)35(44)40-31(17-20(2)3)26(11)34(37)43/h20-23,25,27,29-33,38-39H,9,11,13-19H2,1-8,10,12H3,(H2,37,43)(H,40,44)(H2,41,42,45)/t23?,25?,27?,29-,30?,31?,32-,33?/m1/s1. The van der Waals surface area contributed by atoms with E-state index in [1.54, 1.807) is 0 Å². The summed E-state index contributed by atoms with van der Waals surface area (Å²) in [6.45, 7) is 34.8. The Morgan fingerprint density at radius 3 is 2.00 bits per heavy atom. The number of hydrogen-bond acceptors (Lipinski definition) is 5. The van der Waals surface area contributed by atoms with E-state index in [-0.39, 0.29) is 59.2 Å². The van der Waals surface area contributed by atoms with Gasteiger partial charge in [-0.05, 0) is 60.7 Å². The lowest BCUT2D eigenvalue weighted by Crippen LogP contribution is -2.51. The van der Waals surface area contributed by atoms with Gasteiger partial charge >= 0.3 is 6.03 Å². The Hall–Kier alpha value is -2.97. The summed E-state index contributed by atoms with van der Waals surface area (Å²) in [7, 11) is 0. The molecular weight excluding hydrogens is 564 g/mol. The summed E-state index contributed by atoms with van der Waals surface area (Å²) in [5.41, 5.74) is 7.46. The van der Waals surface area contributed by atoms with Crippen molar-refractivity contribution in [1.29, 1.82) is 0 Å². The number of amides is 4. The fraction of sp³-hybridized carbons (Fsp3) is 0.750. The number of nitrogens with two attached hydrogens (primary N) is 1. The molecule has 0 radical (unpaired) electrons. The van der Waals surface area contributed by atoms with E-state index >= 15 is 0 Å². The second-order valence-corrected chi connectivity index (χ2v) is 14.6. The van der Waals surface area contributed by atoms with E-state index in [1.807, 2.05) is 20.8 Å². The van der Waals surface area contributed by atoms with Crippen LogP contribution in [0.5, 0.6) is 0 Å². The van der Waals surface area contributed by atoms with Gasteiger partial charge in [0.15, 0.2) is 0 Å². The SMILES string of the molecule is C=C(CCC(NC(=O)NC(C(=C)NC[C@@H]1C(C)[C@@H]1C(C)C(=O)NC(CC(C)C)C(=C)C(N)=O)C(C)C)C(C)C)NCC(C)CC. The van der Waals surface area contributed by atoms with Crippen LogP contribution in [-0.2, 0) is 9.59 Å². The molecule has 4 amide bonds. The molecule has 9 nitrogen and oxygen atoms in total. The first-order valence-corrected chi connectivity index (χ1v) is 17.1. The fourth-order valence-electron chi connectivity index (χ4n) is 5.96. The van der Waals surface area contributed by atoms with Crippen LogP contribution in [0, 0.1) is 47.3 Å². The predicted molar refractivity (Wildman–Crippen MR) is 187 cm³/mol. The number of primary amides is 1. The van der Waals surface area contributed by atoms with Crippen molar-refractivity contribution in [1.82, 2.24) is 26.6 Å². The molecule has 0 aromatic carbocycles. The van der Waals surface area contributed by atoms with E-state index < -0.39 is 11.9 Å². The van der Waals surface area contributed by atoms with Gasteiger partial charge in [-0.1, -0.05) is 95.4 Å². The summed E-state index contributed by atoms with van der Waals surface area (Å²) in [5, 5.41) is 16.2. The molecule has 0 bridgehead atoms. The molecule has 7 N–H and O–H groups in total. The number of allylic oxidation sites excluding steroid dienone is 1. The highest BCUT2D eigenvalue weighted by Crippen LogP contribution is 2.50. The molecule has 1 aliphatic carbocycles. The largest absolute Gasteiger partial charge is 0.389 e. The van der Waals surface area contributed by atoms with E-state index in [0.29, 0.717) is 30.7 Å². The normalized spacial score (nSPS) is 20.9. The van der Waals surface area contributed by atoms with Crippen LogP contribution in [0.25, 0.3) is 0 Å². The van der Waals surface area contributed by atoms with E-state index in [2.05, 4.69) is 94.8 Å². The Bertz CT molecular complexity index is 1020. The Labute approximate surface area is 274 Å². The molecule has 8 atom stereocenters. The first-order valence-electron chi connectivity index (χ1n) is 17.1. The van der Waals surface area contributed by atoms with Crippen LogP contribution in [0.1, 0.15) is 94.9 Å². The van der Waals surface area contributed by atoms with Gasteiger partial charge in [0.05, 0.1) is 12.1 Å². The van der Waals surface area contributed by atoms with Crippen molar-refractivity contribution >= 4 is 17.8 Å². The monoisotopic (exact) mass is 631 g/mol. The highest BCUT2D eigenvalue weighted by Gasteiger charge is 2.51. The second-order valence-electron chi connectivity index (χ2n) is 14.6. The summed E-state index contributed by atoms with van der Waals surface area (Å²) in [5.74, 6) is 1.21. The zero-order valence-corrected chi connectivity index (χ0v) is 30.0. The van der Waals surface area contributed by atoms with E-state index in [9.17, 15) is 14.4 Å². The topological polar surface area (TPSA) is 137 Å². The van der Waals surface area contributed by atoms with Gasteiger partial charge in [0.1, 0.15) is 0 Å². The van der Waals surface area contributed by atoms with Crippen LogP contribution in [0.3, 0.4) is 0 Å². The van der Waals surface area contributed by atoms with Gasteiger partial charge in [-0.3, -0.25) is 9.59 Å². The average molecular weight is 631 g/mol. The van der Waals surface area contributed by atoms with Crippen LogP contribution in [0.15, 0.2) is 36.7 Å². The molecule has 1 fully saturated rings. The Morgan fingerprint density at radius 2 is 1.49 bits per heavy atom. The molecule has 1 rings (SSSR count). The first kappa shape index (κ1) is 40.1. The van der Waals surface area contributed by atoms with Crippen LogP contribution in [0.2, 0.25) is 0 Å². The molecule has 0 aromatic rings. The van der Waals surface area contributed by atoms with Gasteiger partial charge in [-0.2, -0.15) is 0 Å². The lowest BCUT2D eigenvalue weighted by Gasteiger charge is -2.29. The molecule has 0 spiro atoms. The lowest BCUT2D eigenvalue weighted by molar-refractivity contribution is -0.126. The van der Waals surface area contributed by atoms with Crippen LogP contribution >= 0.6 is 0 Å². The molecule has 9 heteroatoms. The van der Waals surface area contributed by atoms with Crippen molar-refractivity contribution in [2.45, 2.75) is 113 Å². The second kappa shape index (κ2) is 18.9. The number of hydrogen-bond donors (Lipinski definition) is 6. The van der Waals surface area contributed by atoms with Gasteiger partial charge in [0.2, 0.25) is 11.8 Å². The maximum Gasteiger partial charge on any atom is 0.315 e. The highest BCUT2D eigenvalue weighted by atomic mass is 16.2. The third kappa shape index (κ3) is 13.5. The molecule has 1 aliphatic rings. The molecule has 1 saturated carbocycles. The first-order chi connectivity index (χ1) is 20.9. The quantitative estimate of drug-likeness (QED) is 0.0883. The van der Waals surface area contributed by atoms with Gasteiger partial charge in [-0.25, -0.2) is 4.79 Å². The van der Waals surface area contributed by atoms with Gasteiger partial charge in [-0.15, -0.1) is 0 Å². The van der Waals surface area contributed by atoms with Crippen molar-refractivity contribution in [3.63, 3.8) is 0 Å². The summed E-state index contributed by atoms with van der Waals surface area (Å²) in [4.78, 5) is 38.1. The smallest absolute Gasteiger partial charge is 0.315 e. The predicted octanol–water partition coefficient (Wildman–Crippen LogP) is 5.46. The average Bonchev–Trinajstić information content (AvgIpc) is 3.61. The molecule has 0 saturated heterocycles. The lowest BCUT2D eigenvalue weighted by atomic mass is 9.95. The number of carbonyl (C=O) groups excluding carboxylic acids is 3. The van der Waals surface area contributed by atoms with Crippen LogP contribution in [0.4, 0.5) is 4.79 Å². The summed E-state index contributed by atoms with van der Waals surface area (Å²) in [6.07, 6.45) is 3.34. The van der Waals surface area contributed by atoms with Gasteiger partial charge in [0.25, 0.3) is 0 Å². The molecule has 45 heavy (non-hydrogen) atoms. The van der Waals surface area contributed by atoms with E-state index in [0.717, 1.165) is 37.2 Å². The molecular formula is C36H66N6O3. The highest BCUT2D eigenvalue weighted by molar-refractivity contribution is 5.93. The van der Waals surface area contributed by atoms with Crippen LogP contribution < -0.4 is 32.3 Å². The third-order valence-corrected chi connectivity index (χ3v) is 9.56. The summed E-state index contributed by atoms with van der Waals surface area (Å²) >= 11 is 0. The molecule has 0 aromatic heterocycles. The Balaban J connectivity index is 2.69. The minimum absolute atomic E-state index is 0.0159. The molecule has 0 heterocycles. The molecule has 0 aliphatic heterocycles. The van der Waals surface area contributed by atoms with Crippen molar-refractivity contribution in [3.05, 3.63) is 36.7 Å². The van der Waals surface area contributed by atoms with E-state index in [4.69, 9.17) is 5.73 Å². The number of nitrogens with one attached hydrogen (secondary N) is 5. The maximum atomic E-state index is 13.2. The van der Waals surface area contributed by atoms with E-state index in [1.165, 1.54) is 0 Å². The minimum Gasteiger partial charge on any atom is -0.389 e. The summed E-state index contributed by atoms with van der Waals surface area (Å²) in [6, 6.07) is -0.908. The third-order valence-electron chi connectivity index (χ3n) is 9.56. The van der Waals surface area contributed by atoms with Gasteiger partial charge < -0.3 is 32.3 Å².